The van der Waals surface area contributed by atoms with Gasteiger partial charge in [-0.05, 0) is 31.9 Å². The van der Waals surface area contributed by atoms with Crippen LogP contribution >= 0.6 is 0 Å². The molecule has 6 heteroatoms. The highest BCUT2D eigenvalue weighted by Crippen LogP contribution is 2.40. The van der Waals surface area contributed by atoms with Gasteiger partial charge in [-0.15, -0.1) is 0 Å². The van der Waals surface area contributed by atoms with E-state index in [1.807, 2.05) is 19.1 Å². The van der Waals surface area contributed by atoms with Crippen LogP contribution in [0.2, 0.25) is 0 Å². The van der Waals surface area contributed by atoms with Gasteiger partial charge < -0.3 is 14.8 Å². The van der Waals surface area contributed by atoms with Crippen LogP contribution in [0.1, 0.15) is 25.3 Å². The summed E-state index contributed by atoms with van der Waals surface area (Å²) in [5.41, 5.74) is 2.22. The molecule has 1 aromatic rings. The number of esters is 1. The smallest absolute Gasteiger partial charge is 0.312 e. The molecule has 1 aliphatic heterocycles. The molecular formula is C18H20N2O4. The van der Waals surface area contributed by atoms with E-state index in [2.05, 4.69) is 10.3 Å². The van der Waals surface area contributed by atoms with Crippen molar-refractivity contribution in [3.05, 3.63) is 47.4 Å². The predicted molar refractivity (Wildman–Crippen MR) is 87.2 cm³/mol. The minimum atomic E-state index is -0.308. The lowest BCUT2D eigenvalue weighted by atomic mass is 9.83. The van der Waals surface area contributed by atoms with Crippen molar-refractivity contribution < 1.29 is 19.1 Å². The lowest BCUT2D eigenvalue weighted by Gasteiger charge is -2.23. The van der Waals surface area contributed by atoms with Crippen molar-refractivity contribution >= 4 is 17.6 Å². The Balaban J connectivity index is 2.02. The molecule has 3 rings (SSSR count). The Hall–Kier alpha value is -2.63. The molecule has 0 radical (unpaired) electrons. The number of hydrogen-bond acceptors (Lipinski definition) is 5. The zero-order valence-electron chi connectivity index (χ0n) is 13.7. The maximum atomic E-state index is 12.6. The molecule has 6 nitrogen and oxygen atoms in total. The number of aromatic nitrogens is 1. The van der Waals surface area contributed by atoms with Crippen LogP contribution in [0.4, 0.5) is 0 Å². The molecule has 1 aromatic heterocycles. The number of allylic oxidation sites excluding steroid dienone is 1. The van der Waals surface area contributed by atoms with Crippen molar-refractivity contribution in [3.63, 3.8) is 0 Å². The monoisotopic (exact) mass is 328 g/mol. The van der Waals surface area contributed by atoms with Gasteiger partial charge in [0.1, 0.15) is 5.76 Å². The third-order valence-electron chi connectivity index (χ3n) is 4.35. The number of nitrogens with one attached hydrogen (secondary N) is 1. The fourth-order valence-electron chi connectivity index (χ4n) is 3.27. The highest BCUT2D eigenvalue weighted by atomic mass is 16.5. The van der Waals surface area contributed by atoms with Crippen molar-refractivity contribution in [1.82, 2.24) is 10.3 Å². The summed E-state index contributed by atoms with van der Waals surface area (Å²) in [6, 6.07) is 3.65. The van der Waals surface area contributed by atoms with Crippen LogP contribution in [-0.4, -0.2) is 30.6 Å². The van der Waals surface area contributed by atoms with Crippen molar-refractivity contribution in [2.75, 3.05) is 13.7 Å². The van der Waals surface area contributed by atoms with Gasteiger partial charge in [-0.25, -0.2) is 0 Å². The zero-order chi connectivity index (χ0) is 17.1. The third-order valence-corrected chi connectivity index (χ3v) is 4.35. The van der Waals surface area contributed by atoms with Gasteiger partial charge in [-0.2, -0.15) is 0 Å². The number of methoxy groups -OCH3 is 1. The molecule has 0 bridgehead atoms. The maximum absolute atomic E-state index is 12.6. The van der Waals surface area contributed by atoms with Crippen LogP contribution in [0.15, 0.2) is 41.9 Å². The number of pyridine rings is 1. The summed E-state index contributed by atoms with van der Waals surface area (Å²) in [6.07, 6.45) is 6.50. The van der Waals surface area contributed by atoms with Gasteiger partial charge in [0.2, 0.25) is 0 Å². The van der Waals surface area contributed by atoms with Gasteiger partial charge in [0.15, 0.2) is 0 Å². The quantitative estimate of drug-likeness (QED) is 0.520. The number of carbonyl (C=O) groups excluding carboxylic acids is 2. The third kappa shape index (κ3) is 2.91. The molecule has 1 unspecified atom stereocenters. The molecule has 1 saturated heterocycles. The van der Waals surface area contributed by atoms with Crippen molar-refractivity contribution in [2.24, 2.45) is 11.8 Å². The topological polar surface area (TPSA) is 77.5 Å². The molecule has 0 aromatic carbocycles. The second-order valence-corrected chi connectivity index (χ2v) is 5.75. The average molecular weight is 328 g/mol. The van der Waals surface area contributed by atoms with Crippen LogP contribution in [-0.2, 0) is 19.1 Å². The second-order valence-electron chi connectivity index (χ2n) is 5.75. The van der Waals surface area contributed by atoms with Gasteiger partial charge >= 0.3 is 5.97 Å². The maximum Gasteiger partial charge on any atom is 0.312 e. The number of amides is 1. The molecule has 2 aliphatic rings. The number of hydrogen-bond donors (Lipinski definition) is 1. The van der Waals surface area contributed by atoms with E-state index in [4.69, 9.17) is 9.47 Å². The Morgan fingerprint density at radius 2 is 2.08 bits per heavy atom. The molecule has 1 amide bonds. The van der Waals surface area contributed by atoms with Crippen LogP contribution in [0.3, 0.4) is 0 Å². The lowest BCUT2D eigenvalue weighted by molar-refractivity contribution is -0.144. The summed E-state index contributed by atoms with van der Waals surface area (Å²) < 4.78 is 10.6. The summed E-state index contributed by atoms with van der Waals surface area (Å²) in [5, 5.41) is 2.88. The van der Waals surface area contributed by atoms with Gasteiger partial charge in [-0.3, -0.25) is 14.6 Å². The second kappa shape index (κ2) is 6.86. The molecule has 24 heavy (non-hydrogen) atoms. The van der Waals surface area contributed by atoms with E-state index < -0.39 is 0 Å². The SMILES string of the molecule is CCO/C(=C1/C(=O)NC2=CC(C(=O)OC)CC[C@@H]21)c1ccncc1. The van der Waals surface area contributed by atoms with E-state index in [9.17, 15) is 9.59 Å². The van der Waals surface area contributed by atoms with E-state index in [0.29, 0.717) is 30.8 Å². The number of ether oxygens (including phenoxy) is 2. The summed E-state index contributed by atoms with van der Waals surface area (Å²) in [4.78, 5) is 28.3. The van der Waals surface area contributed by atoms with E-state index >= 15 is 0 Å². The van der Waals surface area contributed by atoms with Crippen molar-refractivity contribution in [2.45, 2.75) is 19.8 Å². The first-order valence-corrected chi connectivity index (χ1v) is 8.04. The summed E-state index contributed by atoms with van der Waals surface area (Å²) in [7, 11) is 1.38. The highest BCUT2D eigenvalue weighted by Gasteiger charge is 2.40. The Labute approximate surface area is 140 Å². The van der Waals surface area contributed by atoms with E-state index in [1.165, 1.54) is 7.11 Å². The fraction of sp³-hybridized carbons (Fsp3) is 0.389. The highest BCUT2D eigenvalue weighted by molar-refractivity contribution is 6.05. The molecule has 1 N–H and O–H groups in total. The standard InChI is InChI=1S/C18H20N2O4/c1-3-24-16(11-6-8-19-9-7-11)15-13-5-4-12(18(22)23-2)10-14(13)20-17(15)21/h6-10,12-13H,3-5H2,1-2H3,(H,20,21)/b16-15+/t12?,13-/m0/s1. The van der Waals surface area contributed by atoms with Crippen LogP contribution in [0, 0.1) is 11.8 Å². The summed E-state index contributed by atoms with van der Waals surface area (Å²) in [6.45, 7) is 2.35. The van der Waals surface area contributed by atoms with E-state index in [0.717, 1.165) is 11.3 Å². The summed E-state index contributed by atoms with van der Waals surface area (Å²) >= 11 is 0. The molecule has 0 spiro atoms. The first-order chi connectivity index (χ1) is 11.7. The number of nitrogens with zero attached hydrogens (tertiary/aromatic N) is 1. The first kappa shape index (κ1) is 16.2. The van der Waals surface area contributed by atoms with Gasteiger partial charge in [0, 0.05) is 29.6 Å². The molecule has 0 saturated carbocycles. The normalized spacial score (nSPS) is 24.6. The zero-order valence-corrected chi connectivity index (χ0v) is 13.7. The molecule has 2 atom stereocenters. The number of carbonyl (C=O) groups is 2. The minimum absolute atomic E-state index is 0.0758. The van der Waals surface area contributed by atoms with Crippen molar-refractivity contribution in [3.8, 4) is 0 Å². The van der Waals surface area contributed by atoms with Gasteiger partial charge in [-0.1, -0.05) is 6.08 Å². The fourth-order valence-corrected chi connectivity index (χ4v) is 3.27. The Morgan fingerprint density at radius 1 is 1.33 bits per heavy atom. The van der Waals surface area contributed by atoms with Gasteiger partial charge in [0.25, 0.3) is 5.91 Å². The average Bonchev–Trinajstić information content (AvgIpc) is 2.94. The Bertz CT molecular complexity index is 709. The molecule has 126 valence electrons. The minimum Gasteiger partial charge on any atom is -0.493 e. The van der Waals surface area contributed by atoms with Gasteiger partial charge in [0.05, 0.1) is 25.2 Å². The largest absolute Gasteiger partial charge is 0.493 e. The Morgan fingerprint density at radius 3 is 2.75 bits per heavy atom. The van der Waals surface area contributed by atoms with Crippen molar-refractivity contribution in [1.29, 1.82) is 0 Å². The van der Waals surface area contributed by atoms with Crippen LogP contribution in [0.5, 0.6) is 0 Å². The number of fused-ring (bicyclic) bond motifs is 1. The molecular weight excluding hydrogens is 308 g/mol. The molecule has 1 fully saturated rings. The summed E-state index contributed by atoms with van der Waals surface area (Å²) in [5.74, 6) is -0.239. The van der Waals surface area contributed by atoms with E-state index in [1.54, 1.807) is 18.5 Å². The lowest BCUT2D eigenvalue weighted by Crippen LogP contribution is -2.23. The van der Waals surface area contributed by atoms with Crippen LogP contribution < -0.4 is 5.32 Å². The van der Waals surface area contributed by atoms with Crippen LogP contribution in [0.25, 0.3) is 5.76 Å². The molecule has 2 heterocycles. The molecule has 1 aliphatic carbocycles. The predicted octanol–water partition coefficient (Wildman–Crippen LogP) is 2.04. The van der Waals surface area contributed by atoms with E-state index in [-0.39, 0.29) is 23.7 Å². The Kier molecular flexibility index (Phi) is 4.64. The number of rotatable bonds is 4. The first-order valence-electron chi connectivity index (χ1n) is 8.04.